The van der Waals surface area contributed by atoms with Crippen molar-refractivity contribution in [1.29, 1.82) is 0 Å². The number of benzene rings is 2. The number of carboxylic acid groups (broad SMARTS) is 1. The van der Waals surface area contributed by atoms with Crippen LogP contribution in [-0.2, 0) is 0 Å². The van der Waals surface area contributed by atoms with Gasteiger partial charge in [0.15, 0.2) is 0 Å². The molecule has 0 saturated heterocycles. The first kappa shape index (κ1) is 15.1. The molecular weight excluding hydrogens is 340 g/mol. The van der Waals surface area contributed by atoms with E-state index in [1.807, 2.05) is 30.3 Å². The van der Waals surface area contributed by atoms with Crippen molar-refractivity contribution < 1.29 is 15.0 Å². The third kappa shape index (κ3) is 3.85. The zero-order valence-corrected chi connectivity index (χ0v) is 12.9. The molecule has 104 valence electrons. The van der Waals surface area contributed by atoms with Gasteiger partial charge in [0.25, 0.3) is 0 Å². The Balaban J connectivity index is 2.11. The van der Waals surface area contributed by atoms with Gasteiger partial charge in [-0.25, -0.2) is 4.79 Å². The normalized spacial score (nSPS) is 12.1. The highest BCUT2D eigenvalue weighted by Crippen LogP contribution is 2.30. The summed E-state index contributed by atoms with van der Waals surface area (Å²) in [6, 6.07) is 14.3. The number of thioether (sulfide) groups is 1. The zero-order chi connectivity index (χ0) is 14.5. The quantitative estimate of drug-likeness (QED) is 0.799. The van der Waals surface area contributed by atoms with Crippen LogP contribution in [0.15, 0.2) is 57.9 Å². The molecule has 0 aliphatic heterocycles. The first-order valence-corrected chi connectivity index (χ1v) is 7.74. The van der Waals surface area contributed by atoms with Crippen LogP contribution in [0, 0.1) is 0 Å². The molecule has 0 heterocycles. The number of aliphatic hydroxyl groups is 1. The van der Waals surface area contributed by atoms with Crippen molar-refractivity contribution in [3.05, 3.63) is 64.1 Å². The van der Waals surface area contributed by atoms with Gasteiger partial charge in [0.1, 0.15) is 0 Å². The largest absolute Gasteiger partial charge is 0.478 e. The van der Waals surface area contributed by atoms with E-state index in [2.05, 4.69) is 15.9 Å². The molecule has 0 saturated carbocycles. The molecule has 0 aromatic heterocycles. The topological polar surface area (TPSA) is 57.5 Å². The fraction of sp³-hybridized carbons (Fsp3) is 0.133. The lowest BCUT2D eigenvalue weighted by atomic mass is 10.1. The Bertz CT molecular complexity index is 601. The van der Waals surface area contributed by atoms with E-state index < -0.39 is 12.1 Å². The van der Waals surface area contributed by atoms with Gasteiger partial charge in [0.2, 0.25) is 0 Å². The summed E-state index contributed by atoms with van der Waals surface area (Å²) in [7, 11) is 0. The van der Waals surface area contributed by atoms with E-state index in [4.69, 9.17) is 5.11 Å². The van der Waals surface area contributed by atoms with Crippen LogP contribution in [-0.4, -0.2) is 21.9 Å². The van der Waals surface area contributed by atoms with Crippen molar-refractivity contribution in [2.24, 2.45) is 0 Å². The third-order valence-electron chi connectivity index (χ3n) is 2.76. The van der Waals surface area contributed by atoms with Crippen LogP contribution in [0.25, 0.3) is 0 Å². The number of aromatic carboxylic acids is 1. The Morgan fingerprint density at radius 1 is 1.20 bits per heavy atom. The van der Waals surface area contributed by atoms with Crippen LogP contribution < -0.4 is 0 Å². The number of rotatable bonds is 5. The number of hydrogen-bond acceptors (Lipinski definition) is 3. The molecule has 0 aliphatic carbocycles. The molecule has 3 nitrogen and oxygen atoms in total. The van der Waals surface area contributed by atoms with E-state index in [0.717, 1.165) is 10.0 Å². The lowest BCUT2D eigenvalue weighted by Crippen LogP contribution is -2.03. The summed E-state index contributed by atoms with van der Waals surface area (Å²) in [6.07, 6.45) is -0.623. The Morgan fingerprint density at radius 2 is 1.90 bits per heavy atom. The van der Waals surface area contributed by atoms with Crippen molar-refractivity contribution in [2.75, 3.05) is 5.75 Å². The maximum Gasteiger partial charge on any atom is 0.336 e. The van der Waals surface area contributed by atoms with Crippen LogP contribution in [0.3, 0.4) is 0 Å². The highest BCUT2D eigenvalue weighted by molar-refractivity contribution is 9.10. The predicted octanol–water partition coefficient (Wildman–Crippen LogP) is 3.97. The molecule has 0 bridgehead atoms. The molecule has 2 aromatic rings. The highest BCUT2D eigenvalue weighted by Gasteiger charge is 2.13. The molecule has 1 atom stereocenters. The van der Waals surface area contributed by atoms with Gasteiger partial charge in [-0.05, 0) is 23.8 Å². The van der Waals surface area contributed by atoms with E-state index in [1.54, 1.807) is 18.2 Å². The van der Waals surface area contributed by atoms with Gasteiger partial charge in [0, 0.05) is 15.1 Å². The Kier molecular flexibility index (Phi) is 5.23. The van der Waals surface area contributed by atoms with Gasteiger partial charge in [-0.2, -0.15) is 0 Å². The number of hydrogen-bond donors (Lipinski definition) is 2. The van der Waals surface area contributed by atoms with Crippen LogP contribution in [0.5, 0.6) is 0 Å². The molecule has 2 rings (SSSR count). The van der Waals surface area contributed by atoms with Crippen LogP contribution in [0.1, 0.15) is 22.0 Å². The standard InChI is InChI=1S/C15H13BrO3S/c16-11-6-7-12(15(18)19)14(8-11)20-9-13(17)10-4-2-1-3-5-10/h1-8,13,17H,9H2,(H,18,19). The van der Waals surface area contributed by atoms with E-state index in [0.29, 0.717) is 10.6 Å². The summed E-state index contributed by atoms with van der Waals surface area (Å²) in [6.45, 7) is 0. The maximum absolute atomic E-state index is 11.2. The van der Waals surface area contributed by atoms with E-state index in [1.165, 1.54) is 11.8 Å². The minimum atomic E-state index is -0.964. The molecule has 0 spiro atoms. The van der Waals surface area contributed by atoms with Crippen LogP contribution in [0.4, 0.5) is 0 Å². The van der Waals surface area contributed by atoms with Gasteiger partial charge < -0.3 is 10.2 Å². The second-order valence-electron chi connectivity index (χ2n) is 4.18. The Hall–Kier alpha value is -1.30. The molecule has 5 heteroatoms. The molecule has 2 aromatic carbocycles. The summed E-state index contributed by atoms with van der Waals surface area (Å²) in [5.41, 5.74) is 1.07. The number of carbonyl (C=O) groups is 1. The minimum Gasteiger partial charge on any atom is -0.478 e. The first-order chi connectivity index (χ1) is 9.58. The van der Waals surface area contributed by atoms with Gasteiger partial charge in [0.05, 0.1) is 11.7 Å². The van der Waals surface area contributed by atoms with Crippen molar-refractivity contribution in [1.82, 2.24) is 0 Å². The molecule has 0 radical (unpaired) electrons. The van der Waals surface area contributed by atoms with Crippen molar-refractivity contribution in [3.63, 3.8) is 0 Å². The van der Waals surface area contributed by atoms with Crippen molar-refractivity contribution >= 4 is 33.7 Å². The zero-order valence-electron chi connectivity index (χ0n) is 10.5. The fourth-order valence-electron chi connectivity index (χ4n) is 1.73. The van der Waals surface area contributed by atoms with Gasteiger partial charge in [-0.1, -0.05) is 46.3 Å². The first-order valence-electron chi connectivity index (χ1n) is 5.96. The fourth-order valence-corrected chi connectivity index (χ4v) is 3.30. The average Bonchev–Trinajstić information content (AvgIpc) is 2.45. The van der Waals surface area contributed by atoms with Crippen LogP contribution >= 0.6 is 27.7 Å². The van der Waals surface area contributed by atoms with Gasteiger partial charge in [-0.3, -0.25) is 0 Å². The summed E-state index contributed by atoms with van der Waals surface area (Å²) in [5.74, 6) is -0.560. The number of carboxylic acids is 1. The van der Waals surface area contributed by atoms with Crippen molar-refractivity contribution in [3.8, 4) is 0 Å². The Labute approximate surface area is 129 Å². The van der Waals surface area contributed by atoms with Gasteiger partial charge >= 0.3 is 5.97 Å². The summed E-state index contributed by atoms with van der Waals surface area (Å²) in [4.78, 5) is 11.8. The lowest BCUT2D eigenvalue weighted by molar-refractivity contribution is 0.0693. The van der Waals surface area contributed by atoms with Crippen molar-refractivity contribution in [2.45, 2.75) is 11.0 Å². The number of aliphatic hydroxyl groups excluding tert-OH is 1. The third-order valence-corrected chi connectivity index (χ3v) is 4.38. The molecule has 0 fully saturated rings. The monoisotopic (exact) mass is 352 g/mol. The molecular formula is C15H13BrO3S. The van der Waals surface area contributed by atoms with E-state index in [9.17, 15) is 9.90 Å². The number of halogens is 1. The average molecular weight is 353 g/mol. The van der Waals surface area contributed by atoms with E-state index >= 15 is 0 Å². The molecule has 0 amide bonds. The predicted molar refractivity (Wildman–Crippen MR) is 83.2 cm³/mol. The van der Waals surface area contributed by atoms with Crippen LogP contribution in [0.2, 0.25) is 0 Å². The maximum atomic E-state index is 11.2. The second kappa shape index (κ2) is 6.92. The summed E-state index contributed by atoms with van der Waals surface area (Å²) < 4.78 is 0.819. The second-order valence-corrected chi connectivity index (χ2v) is 6.16. The summed E-state index contributed by atoms with van der Waals surface area (Å²) >= 11 is 4.66. The lowest BCUT2D eigenvalue weighted by Gasteiger charge is -2.12. The molecule has 0 aliphatic rings. The Morgan fingerprint density at radius 3 is 2.55 bits per heavy atom. The molecule has 1 unspecified atom stereocenters. The molecule has 20 heavy (non-hydrogen) atoms. The summed E-state index contributed by atoms with van der Waals surface area (Å²) in [5, 5.41) is 19.2. The highest BCUT2D eigenvalue weighted by atomic mass is 79.9. The van der Waals surface area contributed by atoms with E-state index in [-0.39, 0.29) is 5.56 Å². The SMILES string of the molecule is O=C(O)c1ccc(Br)cc1SCC(O)c1ccccc1. The molecule has 2 N–H and O–H groups in total. The van der Waals surface area contributed by atoms with Gasteiger partial charge in [-0.15, -0.1) is 11.8 Å². The smallest absolute Gasteiger partial charge is 0.336 e. The minimum absolute atomic E-state index is 0.249.